The third-order valence-electron chi connectivity index (χ3n) is 3.12. The van der Waals surface area contributed by atoms with E-state index in [-0.39, 0.29) is 5.56 Å². The Kier molecular flexibility index (Phi) is 4.75. The molecule has 0 saturated carbocycles. The molecule has 1 aliphatic rings. The fourth-order valence-corrected chi connectivity index (χ4v) is 4.72. The van der Waals surface area contributed by atoms with Gasteiger partial charge in [-0.3, -0.25) is 4.79 Å². The number of aromatic nitrogens is 2. The molecule has 1 saturated heterocycles. The van der Waals surface area contributed by atoms with E-state index in [1.165, 1.54) is 0 Å². The molecule has 18 heavy (non-hydrogen) atoms. The van der Waals surface area contributed by atoms with Crippen LogP contribution < -0.4 is 10.9 Å². The van der Waals surface area contributed by atoms with Gasteiger partial charge in [0.05, 0.1) is 5.25 Å². The molecule has 100 valence electrons. The first-order chi connectivity index (χ1) is 8.61. The van der Waals surface area contributed by atoms with Crippen molar-refractivity contribution in [2.45, 2.75) is 36.1 Å². The zero-order chi connectivity index (χ0) is 13.1. The normalized spacial score (nSPS) is 28.3. The summed E-state index contributed by atoms with van der Waals surface area (Å²) in [7, 11) is 1.82. The van der Waals surface area contributed by atoms with Crippen LogP contribution in [-0.4, -0.2) is 33.3 Å². The van der Waals surface area contributed by atoms with E-state index >= 15 is 0 Å². The third kappa shape index (κ3) is 3.10. The third-order valence-corrected chi connectivity index (χ3v) is 6.51. The van der Waals surface area contributed by atoms with Gasteiger partial charge in [-0.25, -0.2) is 4.98 Å². The minimum atomic E-state index is -0.0220. The second-order valence-electron chi connectivity index (χ2n) is 4.52. The predicted molar refractivity (Wildman–Crippen MR) is 79.3 cm³/mol. The van der Waals surface area contributed by atoms with Gasteiger partial charge in [0, 0.05) is 34.6 Å². The van der Waals surface area contributed by atoms with Crippen molar-refractivity contribution in [3.05, 3.63) is 27.9 Å². The molecule has 0 bridgehead atoms. The molecule has 0 spiro atoms. The first-order valence-corrected chi connectivity index (χ1v) is 8.10. The average molecular weight is 285 g/mol. The summed E-state index contributed by atoms with van der Waals surface area (Å²) >= 11 is 3.86. The second kappa shape index (κ2) is 6.12. The van der Waals surface area contributed by atoms with Crippen molar-refractivity contribution in [1.29, 1.82) is 0 Å². The van der Waals surface area contributed by atoms with E-state index in [0.29, 0.717) is 27.9 Å². The Hall–Kier alpha value is -0.460. The van der Waals surface area contributed by atoms with Crippen LogP contribution in [0.3, 0.4) is 0 Å². The highest BCUT2D eigenvalue weighted by atomic mass is 32.2. The summed E-state index contributed by atoms with van der Waals surface area (Å²) in [5.74, 6) is 1.83. The van der Waals surface area contributed by atoms with Gasteiger partial charge < -0.3 is 10.3 Å². The molecule has 1 aliphatic heterocycles. The van der Waals surface area contributed by atoms with Crippen LogP contribution in [0.15, 0.2) is 11.0 Å². The fourth-order valence-electron chi connectivity index (χ4n) is 1.84. The molecule has 1 aromatic heterocycles. The van der Waals surface area contributed by atoms with E-state index in [9.17, 15) is 4.79 Å². The van der Waals surface area contributed by atoms with Gasteiger partial charge in [0.2, 0.25) is 0 Å². The highest BCUT2D eigenvalue weighted by molar-refractivity contribution is 8.07. The summed E-state index contributed by atoms with van der Waals surface area (Å²) in [6, 6.07) is 0. The molecule has 1 aromatic rings. The van der Waals surface area contributed by atoms with Crippen molar-refractivity contribution in [3.8, 4) is 0 Å². The van der Waals surface area contributed by atoms with Crippen LogP contribution in [0.2, 0.25) is 0 Å². The maximum Gasteiger partial charge on any atom is 0.255 e. The number of nitrogens with one attached hydrogen (secondary N) is 2. The van der Waals surface area contributed by atoms with Gasteiger partial charge in [0.25, 0.3) is 5.56 Å². The van der Waals surface area contributed by atoms with Crippen LogP contribution in [0.1, 0.15) is 30.5 Å². The number of hydrogen-bond donors (Lipinski definition) is 2. The van der Waals surface area contributed by atoms with Gasteiger partial charge in [0.1, 0.15) is 5.82 Å². The van der Waals surface area contributed by atoms with Gasteiger partial charge in [-0.15, -0.1) is 11.8 Å². The van der Waals surface area contributed by atoms with E-state index in [4.69, 9.17) is 0 Å². The van der Waals surface area contributed by atoms with Crippen LogP contribution in [0.4, 0.5) is 0 Å². The van der Waals surface area contributed by atoms with Gasteiger partial charge in [-0.1, -0.05) is 13.8 Å². The van der Waals surface area contributed by atoms with Gasteiger partial charge in [-0.05, 0) is 7.05 Å². The lowest BCUT2D eigenvalue weighted by Gasteiger charge is -2.30. The minimum absolute atomic E-state index is 0.0220. The molecule has 3 unspecified atom stereocenters. The smallest absolute Gasteiger partial charge is 0.255 e. The summed E-state index contributed by atoms with van der Waals surface area (Å²) in [5, 5.41) is 4.53. The monoisotopic (exact) mass is 285 g/mol. The quantitative estimate of drug-likeness (QED) is 0.886. The largest absolute Gasteiger partial charge is 0.315 e. The number of aromatic amines is 1. The van der Waals surface area contributed by atoms with Crippen molar-refractivity contribution in [2.24, 2.45) is 0 Å². The van der Waals surface area contributed by atoms with Crippen molar-refractivity contribution >= 4 is 23.5 Å². The molecule has 3 atom stereocenters. The van der Waals surface area contributed by atoms with Crippen LogP contribution in [0, 0.1) is 0 Å². The molecule has 6 heteroatoms. The Balaban J connectivity index is 2.14. The lowest BCUT2D eigenvalue weighted by molar-refractivity contribution is 0.779. The standard InChI is InChI=1S/C12H19N3OS2/c1-7-8(2)18-10(6-17-7)11-14-5-9(4-13-3)12(16)15-11/h5,7-8,10,13H,4,6H2,1-3H3,(H,14,15,16). The molecule has 2 rings (SSSR count). The van der Waals surface area contributed by atoms with Crippen LogP contribution in [0.25, 0.3) is 0 Å². The fraction of sp³-hybridized carbons (Fsp3) is 0.667. The summed E-state index contributed by atoms with van der Waals surface area (Å²) in [4.78, 5) is 19.2. The summed E-state index contributed by atoms with van der Waals surface area (Å²) < 4.78 is 0. The van der Waals surface area contributed by atoms with Crippen molar-refractivity contribution in [3.63, 3.8) is 0 Å². The highest BCUT2D eigenvalue weighted by Crippen LogP contribution is 2.42. The van der Waals surface area contributed by atoms with E-state index in [2.05, 4.69) is 29.1 Å². The number of nitrogens with zero attached hydrogens (tertiary/aromatic N) is 1. The molecule has 0 amide bonds. The lowest BCUT2D eigenvalue weighted by atomic mass is 10.3. The molecule has 2 N–H and O–H groups in total. The minimum Gasteiger partial charge on any atom is -0.315 e. The van der Waals surface area contributed by atoms with Gasteiger partial charge in [-0.2, -0.15) is 11.8 Å². The highest BCUT2D eigenvalue weighted by Gasteiger charge is 2.28. The zero-order valence-electron chi connectivity index (χ0n) is 10.9. The Labute approximate surface area is 116 Å². The van der Waals surface area contributed by atoms with Crippen LogP contribution in [-0.2, 0) is 6.54 Å². The lowest BCUT2D eigenvalue weighted by Crippen LogP contribution is -2.26. The van der Waals surface area contributed by atoms with E-state index in [0.717, 1.165) is 11.6 Å². The summed E-state index contributed by atoms with van der Waals surface area (Å²) in [6.45, 7) is 5.05. The molecular weight excluding hydrogens is 266 g/mol. The van der Waals surface area contributed by atoms with Crippen LogP contribution in [0.5, 0.6) is 0 Å². The number of rotatable bonds is 3. The number of hydrogen-bond acceptors (Lipinski definition) is 5. The Morgan fingerprint density at radius 3 is 2.89 bits per heavy atom. The van der Waals surface area contributed by atoms with E-state index in [1.54, 1.807) is 6.20 Å². The van der Waals surface area contributed by atoms with E-state index < -0.39 is 0 Å². The Bertz CT molecular complexity index is 463. The molecule has 2 heterocycles. The van der Waals surface area contributed by atoms with E-state index in [1.807, 2.05) is 30.6 Å². The predicted octanol–water partition coefficient (Wildman–Crippen LogP) is 1.79. The summed E-state index contributed by atoms with van der Waals surface area (Å²) in [5.41, 5.74) is 0.669. The molecule has 0 radical (unpaired) electrons. The maximum absolute atomic E-state index is 11.9. The number of H-pyrrole nitrogens is 1. The molecule has 0 aliphatic carbocycles. The second-order valence-corrected chi connectivity index (χ2v) is 7.52. The van der Waals surface area contributed by atoms with Crippen LogP contribution >= 0.6 is 23.5 Å². The molecular formula is C12H19N3OS2. The van der Waals surface area contributed by atoms with Crippen molar-refractivity contribution in [1.82, 2.24) is 15.3 Å². The SMILES string of the molecule is CNCc1cnc(C2CSC(C)C(C)S2)[nH]c1=O. The maximum atomic E-state index is 11.9. The molecule has 4 nitrogen and oxygen atoms in total. The van der Waals surface area contributed by atoms with Crippen molar-refractivity contribution in [2.75, 3.05) is 12.8 Å². The van der Waals surface area contributed by atoms with Gasteiger partial charge in [0.15, 0.2) is 0 Å². The molecule has 0 aromatic carbocycles. The zero-order valence-corrected chi connectivity index (χ0v) is 12.5. The Morgan fingerprint density at radius 1 is 1.50 bits per heavy atom. The van der Waals surface area contributed by atoms with Gasteiger partial charge >= 0.3 is 0 Å². The first kappa shape index (κ1) is 14.0. The average Bonchev–Trinajstić information content (AvgIpc) is 2.35. The topological polar surface area (TPSA) is 57.8 Å². The molecule has 1 fully saturated rings. The first-order valence-electron chi connectivity index (χ1n) is 6.11. The number of thioether (sulfide) groups is 2. The summed E-state index contributed by atoms with van der Waals surface area (Å²) in [6.07, 6.45) is 1.69. The van der Waals surface area contributed by atoms with Crippen molar-refractivity contribution < 1.29 is 0 Å². The Morgan fingerprint density at radius 2 is 2.28 bits per heavy atom.